The average molecular weight is 313 g/mol. The number of nitrogens with one attached hydrogen (secondary N) is 2. The van der Waals surface area contributed by atoms with Gasteiger partial charge in [-0.2, -0.15) is 0 Å². The van der Waals surface area contributed by atoms with Crippen LogP contribution in [-0.4, -0.2) is 23.7 Å². The fraction of sp³-hybridized carbons (Fsp3) is 0.467. The summed E-state index contributed by atoms with van der Waals surface area (Å²) >= 11 is 5.98. The second-order valence-electron chi connectivity index (χ2n) is 5.17. The van der Waals surface area contributed by atoms with E-state index >= 15 is 0 Å². The molecule has 0 heterocycles. The number of carbonyl (C=O) groups excluding carboxylic acids is 1. The Kier molecular flexibility index (Phi) is 7.02. The molecule has 116 valence electrons. The standard InChI is InChI=1S/C15H21ClN2O3/c1-10(3-6-14(19)20)7-8-17-15(21)18-12-5-4-11(2)13(16)9-12/h4-5,9-10H,3,6-8H2,1-2H3,(H,19,20)(H2,17,18,21). The van der Waals surface area contributed by atoms with Gasteiger partial charge in [-0.05, 0) is 43.4 Å². The van der Waals surface area contributed by atoms with E-state index in [1.165, 1.54) is 0 Å². The molecule has 0 fully saturated rings. The van der Waals surface area contributed by atoms with Gasteiger partial charge in [0.15, 0.2) is 0 Å². The Labute approximate surface area is 129 Å². The van der Waals surface area contributed by atoms with Gasteiger partial charge in [-0.25, -0.2) is 4.79 Å². The molecule has 0 aliphatic carbocycles. The minimum atomic E-state index is -0.788. The number of anilines is 1. The molecule has 0 radical (unpaired) electrons. The Balaban J connectivity index is 2.27. The molecular formula is C15H21ClN2O3. The van der Waals surface area contributed by atoms with Gasteiger partial charge in [-0.1, -0.05) is 24.6 Å². The molecule has 2 amide bonds. The third-order valence-corrected chi connectivity index (χ3v) is 3.61. The summed E-state index contributed by atoms with van der Waals surface area (Å²) in [4.78, 5) is 22.1. The van der Waals surface area contributed by atoms with Gasteiger partial charge < -0.3 is 15.7 Å². The topological polar surface area (TPSA) is 78.4 Å². The number of urea groups is 1. The lowest BCUT2D eigenvalue weighted by Crippen LogP contribution is -2.30. The number of aliphatic carboxylic acids is 1. The number of benzene rings is 1. The normalized spacial score (nSPS) is 11.8. The van der Waals surface area contributed by atoms with E-state index in [1.54, 1.807) is 12.1 Å². The third-order valence-electron chi connectivity index (χ3n) is 3.20. The highest BCUT2D eigenvalue weighted by Gasteiger charge is 2.07. The summed E-state index contributed by atoms with van der Waals surface area (Å²) < 4.78 is 0. The maximum absolute atomic E-state index is 11.7. The van der Waals surface area contributed by atoms with Crippen LogP contribution in [0.1, 0.15) is 31.7 Å². The van der Waals surface area contributed by atoms with Crippen molar-refractivity contribution in [2.75, 3.05) is 11.9 Å². The summed E-state index contributed by atoms with van der Waals surface area (Å²) in [5.41, 5.74) is 1.59. The molecule has 1 atom stereocenters. The molecule has 1 unspecified atom stereocenters. The number of carboxylic acid groups (broad SMARTS) is 1. The Morgan fingerprint density at radius 1 is 1.33 bits per heavy atom. The van der Waals surface area contributed by atoms with Crippen LogP contribution in [0.3, 0.4) is 0 Å². The van der Waals surface area contributed by atoms with E-state index in [0.717, 1.165) is 12.0 Å². The van der Waals surface area contributed by atoms with Gasteiger partial charge in [0, 0.05) is 23.7 Å². The maximum Gasteiger partial charge on any atom is 0.319 e. The predicted molar refractivity (Wildman–Crippen MR) is 83.9 cm³/mol. The van der Waals surface area contributed by atoms with Crippen LogP contribution in [0.25, 0.3) is 0 Å². The van der Waals surface area contributed by atoms with Crippen LogP contribution >= 0.6 is 11.6 Å². The van der Waals surface area contributed by atoms with Crippen LogP contribution in [0.4, 0.5) is 10.5 Å². The second kappa shape index (κ2) is 8.52. The van der Waals surface area contributed by atoms with Crippen LogP contribution < -0.4 is 10.6 Å². The molecule has 3 N–H and O–H groups in total. The summed E-state index contributed by atoms with van der Waals surface area (Å²) in [7, 11) is 0. The van der Waals surface area contributed by atoms with Gasteiger partial charge in [-0.15, -0.1) is 0 Å². The summed E-state index contributed by atoms with van der Waals surface area (Å²) in [6, 6.07) is 5.04. The highest BCUT2D eigenvalue weighted by atomic mass is 35.5. The molecule has 0 spiro atoms. The van der Waals surface area contributed by atoms with E-state index < -0.39 is 5.97 Å². The van der Waals surface area contributed by atoms with Crippen molar-refractivity contribution >= 4 is 29.3 Å². The van der Waals surface area contributed by atoms with Crippen molar-refractivity contribution in [1.29, 1.82) is 0 Å². The number of carboxylic acids is 1. The van der Waals surface area contributed by atoms with E-state index in [0.29, 0.717) is 23.7 Å². The number of aryl methyl sites for hydroxylation is 1. The molecule has 0 saturated heterocycles. The van der Waals surface area contributed by atoms with E-state index in [9.17, 15) is 9.59 Å². The first-order chi connectivity index (χ1) is 9.88. The molecule has 1 aromatic carbocycles. The first-order valence-electron chi connectivity index (χ1n) is 6.91. The lowest BCUT2D eigenvalue weighted by Gasteiger charge is -2.12. The zero-order chi connectivity index (χ0) is 15.8. The quantitative estimate of drug-likeness (QED) is 0.719. The first-order valence-corrected chi connectivity index (χ1v) is 7.29. The number of hydrogen-bond donors (Lipinski definition) is 3. The van der Waals surface area contributed by atoms with Gasteiger partial charge >= 0.3 is 12.0 Å². The minimum Gasteiger partial charge on any atom is -0.481 e. The van der Waals surface area contributed by atoms with Crippen LogP contribution in [0.5, 0.6) is 0 Å². The van der Waals surface area contributed by atoms with Crippen LogP contribution in [0, 0.1) is 12.8 Å². The van der Waals surface area contributed by atoms with Gasteiger partial charge in [0.2, 0.25) is 0 Å². The lowest BCUT2D eigenvalue weighted by atomic mass is 10.0. The lowest BCUT2D eigenvalue weighted by molar-refractivity contribution is -0.137. The van der Waals surface area contributed by atoms with Crippen molar-refractivity contribution in [2.24, 2.45) is 5.92 Å². The first kappa shape index (κ1) is 17.3. The third kappa shape index (κ3) is 6.99. The molecule has 0 saturated carbocycles. The zero-order valence-electron chi connectivity index (χ0n) is 12.3. The minimum absolute atomic E-state index is 0.162. The number of carbonyl (C=O) groups is 2. The Bertz CT molecular complexity index is 506. The predicted octanol–water partition coefficient (Wildman–Crippen LogP) is 3.66. The Hall–Kier alpha value is -1.75. The van der Waals surface area contributed by atoms with Crippen LogP contribution in [0.15, 0.2) is 18.2 Å². The van der Waals surface area contributed by atoms with E-state index in [-0.39, 0.29) is 18.4 Å². The SMILES string of the molecule is Cc1ccc(NC(=O)NCCC(C)CCC(=O)O)cc1Cl. The molecule has 0 aromatic heterocycles. The summed E-state index contributed by atoms with van der Waals surface area (Å²) in [6.45, 7) is 4.37. The fourth-order valence-electron chi connectivity index (χ4n) is 1.79. The molecule has 5 nitrogen and oxygen atoms in total. The van der Waals surface area contributed by atoms with Gasteiger partial charge in [-0.3, -0.25) is 4.79 Å². The second-order valence-corrected chi connectivity index (χ2v) is 5.58. The number of hydrogen-bond acceptors (Lipinski definition) is 2. The monoisotopic (exact) mass is 312 g/mol. The van der Waals surface area contributed by atoms with Gasteiger partial charge in [0.1, 0.15) is 0 Å². The van der Waals surface area contributed by atoms with E-state index in [1.807, 2.05) is 19.9 Å². The van der Waals surface area contributed by atoms with E-state index in [2.05, 4.69) is 10.6 Å². The number of amides is 2. The maximum atomic E-state index is 11.7. The molecule has 21 heavy (non-hydrogen) atoms. The smallest absolute Gasteiger partial charge is 0.319 e. The van der Waals surface area contributed by atoms with Crippen LogP contribution in [0.2, 0.25) is 5.02 Å². The largest absolute Gasteiger partial charge is 0.481 e. The van der Waals surface area contributed by atoms with Gasteiger partial charge in [0.25, 0.3) is 0 Å². The highest BCUT2D eigenvalue weighted by molar-refractivity contribution is 6.31. The molecule has 0 aliphatic rings. The molecular weight excluding hydrogens is 292 g/mol. The van der Waals surface area contributed by atoms with Crippen molar-refractivity contribution in [3.8, 4) is 0 Å². The molecule has 1 rings (SSSR count). The molecule has 0 bridgehead atoms. The van der Waals surface area contributed by atoms with Crippen LogP contribution in [-0.2, 0) is 4.79 Å². The van der Waals surface area contributed by atoms with E-state index in [4.69, 9.17) is 16.7 Å². The van der Waals surface area contributed by atoms with Crippen molar-refractivity contribution in [3.63, 3.8) is 0 Å². The molecule has 0 aliphatic heterocycles. The zero-order valence-corrected chi connectivity index (χ0v) is 13.0. The Morgan fingerprint density at radius 2 is 2.05 bits per heavy atom. The summed E-state index contributed by atoms with van der Waals surface area (Å²) in [5.74, 6) is -0.529. The van der Waals surface area contributed by atoms with Crippen molar-refractivity contribution in [3.05, 3.63) is 28.8 Å². The summed E-state index contributed by atoms with van der Waals surface area (Å²) in [5, 5.41) is 14.6. The highest BCUT2D eigenvalue weighted by Crippen LogP contribution is 2.19. The van der Waals surface area contributed by atoms with Gasteiger partial charge in [0.05, 0.1) is 0 Å². The molecule has 6 heteroatoms. The van der Waals surface area contributed by atoms with Crippen molar-refractivity contribution in [1.82, 2.24) is 5.32 Å². The number of halogens is 1. The number of rotatable bonds is 7. The van der Waals surface area contributed by atoms with Crippen molar-refractivity contribution in [2.45, 2.75) is 33.1 Å². The fourth-order valence-corrected chi connectivity index (χ4v) is 1.97. The average Bonchev–Trinajstić information content (AvgIpc) is 2.40. The van der Waals surface area contributed by atoms with Crippen molar-refractivity contribution < 1.29 is 14.7 Å². The summed E-state index contributed by atoms with van der Waals surface area (Å²) in [6.07, 6.45) is 1.52. The molecule has 1 aromatic rings. The Morgan fingerprint density at radius 3 is 2.67 bits per heavy atom.